The van der Waals surface area contributed by atoms with E-state index in [-0.39, 0.29) is 18.0 Å². The minimum atomic E-state index is -0.417. The van der Waals surface area contributed by atoms with Gasteiger partial charge in [-0.3, -0.25) is 4.79 Å². The van der Waals surface area contributed by atoms with Crippen LogP contribution in [0.15, 0.2) is 28.7 Å². The van der Waals surface area contributed by atoms with Crippen LogP contribution in [0.3, 0.4) is 0 Å². The first-order valence-corrected chi connectivity index (χ1v) is 6.83. The number of aliphatic hydroxyl groups is 1. The van der Waals surface area contributed by atoms with E-state index in [0.717, 1.165) is 10.0 Å². The van der Waals surface area contributed by atoms with Crippen molar-refractivity contribution in [3.8, 4) is 0 Å². The second-order valence-electron chi connectivity index (χ2n) is 4.60. The monoisotopic (exact) mass is 312 g/mol. The van der Waals surface area contributed by atoms with E-state index >= 15 is 0 Å². The minimum absolute atomic E-state index is 0.0604. The molecule has 0 radical (unpaired) electrons. The molecule has 1 aromatic carbocycles. The van der Waals surface area contributed by atoms with Gasteiger partial charge in [-0.05, 0) is 25.0 Å². The van der Waals surface area contributed by atoms with Crippen molar-refractivity contribution >= 4 is 21.8 Å². The van der Waals surface area contributed by atoms with Crippen LogP contribution in [0.25, 0.3) is 0 Å². The standard InChI is InChI=1S/C13H17BrN2O2/c1-8(10-4-2-3-5-11(10)14)16-13(18)12-6-9(17)7-15-12/h2-5,8-9,12,15,17H,6-7H2,1H3,(H,16,18)/t8-,9-,12-/m0/s1. The van der Waals surface area contributed by atoms with Crippen molar-refractivity contribution in [3.05, 3.63) is 34.3 Å². The van der Waals surface area contributed by atoms with Crippen LogP contribution in [0.2, 0.25) is 0 Å². The summed E-state index contributed by atoms with van der Waals surface area (Å²) in [5.74, 6) is -0.0604. The van der Waals surface area contributed by atoms with E-state index in [1.54, 1.807) is 0 Å². The zero-order valence-electron chi connectivity index (χ0n) is 10.2. The lowest BCUT2D eigenvalue weighted by atomic mass is 10.1. The summed E-state index contributed by atoms with van der Waals surface area (Å²) in [6.07, 6.45) is 0.0636. The summed E-state index contributed by atoms with van der Waals surface area (Å²) in [7, 11) is 0. The van der Waals surface area contributed by atoms with Crippen molar-refractivity contribution in [2.45, 2.75) is 31.5 Å². The fraction of sp³-hybridized carbons (Fsp3) is 0.462. The molecule has 3 N–H and O–H groups in total. The Morgan fingerprint density at radius 2 is 2.28 bits per heavy atom. The van der Waals surface area contributed by atoms with E-state index in [1.165, 1.54) is 0 Å². The minimum Gasteiger partial charge on any atom is -0.392 e. The van der Waals surface area contributed by atoms with E-state index in [9.17, 15) is 9.90 Å². The zero-order chi connectivity index (χ0) is 13.1. The molecular formula is C13H17BrN2O2. The van der Waals surface area contributed by atoms with Crippen molar-refractivity contribution in [3.63, 3.8) is 0 Å². The topological polar surface area (TPSA) is 61.4 Å². The van der Waals surface area contributed by atoms with Gasteiger partial charge in [-0.1, -0.05) is 34.1 Å². The molecule has 0 aromatic heterocycles. The number of amides is 1. The number of carbonyl (C=O) groups excluding carboxylic acids is 1. The largest absolute Gasteiger partial charge is 0.392 e. The first kappa shape index (κ1) is 13.5. The molecular weight excluding hydrogens is 296 g/mol. The molecule has 18 heavy (non-hydrogen) atoms. The first-order chi connectivity index (χ1) is 8.58. The summed E-state index contributed by atoms with van der Waals surface area (Å²) in [6.45, 7) is 2.44. The summed E-state index contributed by atoms with van der Waals surface area (Å²) >= 11 is 3.47. The smallest absolute Gasteiger partial charge is 0.237 e. The Balaban J connectivity index is 1.97. The molecule has 98 valence electrons. The number of aliphatic hydroxyl groups excluding tert-OH is 1. The summed E-state index contributed by atoms with van der Waals surface area (Å²) in [6, 6.07) is 7.47. The van der Waals surface area contributed by atoms with Crippen LogP contribution in [0.1, 0.15) is 24.9 Å². The van der Waals surface area contributed by atoms with Crippen molar-refractivity contribution in [2.24, 2.45) is 0 Å². The van der Waals surface area contributed by atoms with Gasteiger partial charge in [0, 0.05) is 11.0 Å². The molecule has 1 heterocycles. The molecule has 1 aliphatic rings. The van der Waals surface area contributed by atoms with Crippen LogP contribution in [-0.4, -0.2) is 29.7 Å². The Kier molecular flexibility index (Phi) is 4.37. The van der Waals surface area contributed by atoms with E-state index in [1.807, 2.05) is 31.2 Å². The lowest BCUT2D eigenvalue weighted by molar-refractivity contribution is -0.123. The molecule has 2 rings (SSSR count). The highest BCUT2D eigenvalue weighted by Gasteiger charge is 2.28. The Morgan fingerprint density at radius 3 is 2.89 bits per heavy atom. The predicted molar refractivity (Wildman–Crippen MR) is 73.1 cm³/mol. The maximum Gasteiger partial charge on any atom is 0.237 e. The average molecular weight is 313 g/mol. The van der Waals surface area contributed by atoms with Gasteiger partial charge in [-0.15, -0.1) is 0 Å². The second-order valence-corrected chi connectivity index (χ2v) is 5.46. The van der Waals surface area contributed by atoms with Crippen LogP contribution in [0.4, 0.5) is 0 Å². The van der Waals surface area contributed by atoms with Crippen LogP contribution in [0.5, 0.6) is 0 Å². The summed E-state index contributed by atoms with van der Waals surface area (Å²) in [5, 5.41) is 15.4. The van der Waals surface area contributed by atoms with Gasteiger partial charge in [-0.25, -0.2) is 0 Å². The number of halogens is 1. The van der Waals surface area contributed by atoms with Crippen molar-refractivity contribution in [1.29, 1.82) is 0 Å². The van der Waals surface area contributed by atoms with E-state index in [2.05, 4.69) is 26.6 Å². The first-order valence-electron chi connectivity index (χ1n) is 6.04. The SMILES string of the molecule is C[C@H](NC(=O)[C@@H]1C[C@H](O)CN1)c1ccccc1Br. The van der Waals surface area contributed by atoms with E-state index < -0.39 is 6.10 Å². The van der Waals surface area contributed by atoms with E-state index in [4.69, 9.17) is 0 Å². The molecule has 1 amide bonds. The van der Waals surface area contributed by atoms with Gasteiger partial charge in [0.15, 0.2) is 0 Å². The number of hydrogen-bond donors (Lipinski definition) is 3. The molecule has 0 spiro atoms. The highest BCUT2D eigenvalue weighted by molar-refractivity contribution is 9.10. The maximum absolute atomic E-state index is 12.0. The van der Waals surface area contributed by atoms with Gasteiger partial charge in [0.1, 0.15) is 0 Å². The highest BCUT2D eigenvalue weighted by atomic mass is 79.9. The zero-order valence-corrected chi connectivity index (χ0v) is 11.8. The molecule has 5 heteroatoms. The number of benzene rings is 1. The lowest BCUT2D eigenvalue weighted by Gasteiger charge is -2.18. The highest BCUT2D eigenvalue weighted by Crippen LogP contribution is 2.23. The molecule has 1 aliphatic heterocycles. The summed E-state index contributed by atoms with van der Waals surface area (Å²) < 4.78 is 0.984. The molecule has 3 atom stereocenters. The molecule has 1 fully saturated rings. The van der Waals surface area contributed by atoms with Crippen LogP contribution in [-0.2, 0) is 4.79 Å². The molecule has 0 saturated carbocycles. The normalized spacial score (nSPS) is 24.8. The predicted octanol–water partition coefficient (Wildman–Crippen LogP) is 1.35. The molecule has 4 nitrogen and oxygen atoms in total. The molecule has 1 aromatic rings. The molecule has 0 unspecified atom stereocenters. The van der Waals surface area contributed by atoms with E-state index in [0.29, 0.717) is 13.0 Å². The number of carbonyl (C=O) groups is 1. The maximum atomic E-state index is 12.0. The quantitative estimate of drug-likeness (QED) is 0.789. The summed E-state index contributed by atoms with van der Waals surface area (Å²) in [4.78, 5) is 12.0. The third-order valence-corrected chi connectivity index (χ3v) is 3.88. The van der Waals surface area contributed by atoms with Gasteiger partial charge in [0.2, 0.25) is 5.91 Å². The Morgan fingerprint density at radius 1 is 1.56 bits per heavy atom. The van der Waals surface area contributed by atoms with Gasteiger partial charge >= 0.3 is 0 Å². The third kappa shape index (κ3) is 3.10. The Labute approximate surface area is 115 Å². The number of rotatable bonds is 3. The Hall–Kier alpha value is -0.910. The number of nitrogens with one attached hydrogen (secondary N) is 2. The molecule has 0 aliphatic carbocycles. The van der Waals surface area contributed by atoms with Crippen molar-refractivity contribution in [1.82, 2.24) is 10.6 Å². The molecule has 1 saturated heterocycles. The van der Waals surface area contributed by atoms with Gasteiger partial charge in [-0.2, -0.15) is 0 Å². The Bertz CT molecular complexity index is 439. The van der Waals surface area contributed by atoms with Crippen LogP contribution < -0.4 is 10.6 Å². The van der Waals surface area contributed by atoms with Crippen molar-refractivity contribution in [2.75, 3.05) is 6.54 Å². The van der Waals surface area contributed by atoms with Crippen molar-refractivity contribution < 1.29 is 9.90 Å². The second kappa shape index (κ2) is 5.82. The number of hydrogen-bond acceptors (Lipinski definition) is 3. The van der Waals surface area contributed by atoms with Gasteiger partial charge in [0.05, 0.1) is 18.2 Å². The fourth-order valence-corrected chi connectivity index (χ4v) is 2.76. The summed E-state index contributed by atoms with van der Waals surface area (Å²) in [5.41, 5.74) is 1.05. The van der Waals surface area contributed by atoms with Gasteiger partial charge in [0.25, 0.3) is 0 Å². The van der Waals surface area contributed by atoms with Crippen LogP contribution >= 0.6 is 15.9 Å². The average Bonchev–Trinajstić information content (AvgIpc) is 2.76. The number of β-amino-alcohol motifs (C(OH)–C–C–N with tert-alkyl or cyclic N) is 1. The van der Waals surface area contributed by atoms with Crippen LogP contribution in [0, 0.1) is 0 Å². The lowest BCUT2D eigenvalue weighted by Crippen LogP contribution is -2.41. The third-order valence-electron chi connectivity index (χ3n) is 3.15. The van der Waals surface area contributed by atoms with Gasteiger partial charge < -0.3 is 15.7 Å². The fourth-order valence-electron chi connectivity index (χ4n) is 2.13. The molecule has 0 bridgehead atoms.